The van der Waals surface area contributed by atoms with Crippen LogP contribution in [0.3, 0.4) is 0 Å². The topological polar surface area (TPSA) is 55.2 Å². The highest BCUT2D eigenvalue weighted by Crippen LogP contribution is 2.20. The first-order chi connectivity index (χ1) is 9.16. The number of para-hydroxylation sites is 1. The average Bonchev–Trinajstić information content (AvgIpc) is 2.76. The summed E-state index contributed by atoms with van der Waals surface area (Å²) >= 11 is 0. The zero-order valence-electron chi connectivity index (χ0n) is 10.8. The number of carbonyl (C=O) groups is 2. The number of piperidine rings is 1. The van der Waals surface area contributed by atoms with Gasteiger partial charge in [0.15, 0.2) is 11.5 Å². The first kappa shape index (κ1) is 11.9. The number of Topliss-reactive ketones (excluding diaryl/α,β-unsaturated/α-hetero) is 1. The summed E-state index contributed by atoms with van der Waals surface area (Å²) in [4.78, 5) is 25.5. The van der Waals surface area contributed by atoms with Gasteiger partial charge in [-0.05, 0) is 12.5 Å². The smallest absolute Gasteiger partial charge is 0.275 e. The predicted molar refractivity (Wildman–Crippen MR) is 70.9 cm³/mol. The molecule has 0 radical (unpaired) electrons. The van der Waals surface area contributed by atoms with Crippen LogP contribution in [0.4, 0.5) is 0 Å². The number of aryl methyl sites for hydroxylation is 1. The monoisotopic (exact) mass is 257 g/mol. The molecule has 1 aromatic heterocycles. The molecule has 2 aromatic rings. The Balaban J connectivity index is 2.00. The Labute approximate surface area is 110 Å². The van der Waals surface area contributed by atoms with Crippen LogP contribution in [0.25, 0.3) is 10.9 Å². The van der Waals surface area contributed by atoms with Crippen LogP contribution in [-0.4, -0.2) is 39.5 Å². The molecule has 0 N–H and O–H groups in total. The molecule has 3 rings (SSSR count). The van der Waals surface area contributed by atoms with Gasteiger partial charge >= 0.3 is 0 Å². The number of fused-ring (bicyclic) bond motifs is 1. The van der Waals surface area contributed by atoms with Crippen LogP contribution in [-0.2, 0) is 11.8 Å². The maximum absolute atomic E-state index is 12.5. The highest BCUT2D eigenvalue weighted by molar-refractivity contribution is 6.06. The Hall–Kier alpha value is -2.17. The second-order valence-electron chi connectivity index (χ2n) is 4.86. The molecule has 1 fully saturated rings. The molecule has 0 bridgehead atoms. The lowest BCUT2D eigenvalue weighted by molar-refractivity contribution is -0.121. The number of aromatic nitrogens is 2. The van der Waals surface area contributed by atoms with Gasteiger partial charge < -0.3 is 4.90 Å². The molecule has 0 unspecified atom stereocenters. The fourth-order valence-electron chi connectivity index (χ4n) is 2.53. The molecule has 0 saturated carbocycles. The van der Waals surface area contributed by atoms with Crippen molar-refractivity contribution in [1.82, 2.24) is 14.7 Å². The van der Waals surface area contributed by atoms with E-state index in [0.717, 1.165) is 17.3 Å². The van der Waals surface area contributed by atoms with Gasteiger partial charge in [0.2, 0.25) is 0 Å². The molecule has 0 aliphatic carbocycles. The second-order valence-corrected chi connectivity index (χ2v) is 4.86. The van der Waals surface area contributed by atoms with Crippen LogP contribution in [0.1, 0.15) is 23.3 Å². The minimum absolute atomic E-state index is 0.125. The lowest BCUT2D eigenvalue weighted by Gasteiger charge is -2.25. The number of rotatable bonds is 1. The lowest BCUT2D eigenvalue weighted by Crippen LogP contribution is -2.40. The van der Waals surface area contributed by atoms with Gasteiger partial charge in [0.25, 0.3) is 5.91 Å². The van der Waals surface area contributed by atoms with Crippen molar-refractivity contribution in [2.75, 3.05) is 13.1 Å². The summed E-state index contributed by atoms with van der Waals surface area (Å²) < 4.78 is 1.70. The number of nitrogens with zero attached hydrogens (tertiary/aromatic N) is 3. The van der Waals surface area contributed by atoms with E-state index >= 15 is 0 Å². The molecule has 5 nitrogen and oxygen atoms in total. The number of hydrogen-bond acceptors (Lipinski definition) is 3. The summed E-state index contributed by atoms with van der Waals surface area (Å²) in [6, 6.07) is 7.63. The van der Waals surface area contributed by atoms with Crippen LogP contribution in [0, 0.1) is 0 Å². The van der Waals surface area contributed by atoms with E-state index in [2.05, 4.69) is 5.10 Å². The van der Waals surface area contributed by atoms with Crippen molar-refractivity contribution in [3.8, 4) is 0 Å². The summed E-state index contributed by atoms with van der Waals surface area (Å²) in [7, 11) is 1.82. The van der Waals surface area contributed by atoms with Gasteiger partial charge in [-0.15, -0.1) is 0 Å². The van der Waals surface area contributed by atoms with E-state index in [1.807, 2.05) is 31.3 Å². The van der Waals surface area contributed by atoms with Crippen LogP contribution in [0.5, 0.6) is 0 Å². The Morgan fingerprint density at radius 2 is 2.11 bits per heavy atom. The third-order valence-corrected chi connectivity index (χ3v) is 3.50. The van der Waals surface area contributed by atoms with Gasteiger partial charge in [0.1, 0.15) is 0 Å². The highest BCUT2D eigenvalue weighted by atomic mass is 16.2. The van der Waals surface area contributed by atoms with Crippen LogP contribution < -0.4 is 0 Å². The van der Waals surface area contributed by atoms with Gasteiger partial charge in [-0.25, -0.2) is 0 Å². The summed E-state index contributed by atoms with van der Waals surface area (Å²) in [6.07, 6.45) is 1.32. The Morgan fingerprint density at radius 3 is 2.89 bits per heavy atom. The Kier molecular flexibility index (Phi) is 2.81. The third-order valence-electron chi connectivity index (χ3n) is 3.50. The van der Waals surface area contributed by atoms with Crippen molar-refractivity contribution in [3.63, 3.8) is 0 Å². The quantitative estimate of drug-likeness (QED) is 0.775. The van der Waals surface area contributed by atoms with Gasteiger partial charge in [-0.3, -0.25) is 14.3 Å². The molecule has 1 saturated heterocycles. The molecular weight excluding hydrogens is 242 g/mol. The van der Waals surface area contributed by atoms with Gasteiger partial charge in [0, 0.05) is 25.4 Å². The van der Waals surface area contributed by atoms with Crippen molar-refractivity contribution >= 4 is 22.6 Å². The minimum Gasteiger partial charge on any atom is -0.330 e. The van der Waals surface area contributed by atoms with E-state index in [9.17, 15) is 9.59 Å². The van der Waals surface area contributed by atoms with E-state index < -0.39 is 0 Å². The predicted octanol–water partition coefficient (Wildman–Crippen LogP) is 1.38. The van der Waals surface area contributed by atoms with E-state index in [-0.39, 0.29) is 18.2 Å². The summed E-state index contributed by atoms with van der Waals surface area (Å²) in [5, 5.41) is 5.14. The second kappa shape index (κ2) is 4.50. The molecule has 1 amide bonds. The summed E-state index contributed by atoms with van der Waals surface area (Å²) in [5.41, 5.74) is 1.36. The molecule has 2 heterocycles. The first-order valence-electron chi connectivity index (χ1n) is 6.39. The molecule has 19 heavy (non-hydrogen) atoms. The number of carbonyl (C=O) groups excluding carboxylic acids is 2. The summed E-state index contributed by atoms with van der Waals surface area (Å²) in [6.45, 7) is 0.846. The van der Waals surface area contributed by atoms with Crippen molar-refractivity contribution < 1.29 is 9.59 Å². The maximum atomic E-state index is 12.5. The molecule has 1 aliphatic heterocycles. The van der Waals surface area contributed by atoms with Gasteiger partial charge in [-0.1, -0.05) is 18.2 Å². The molecule has 5 heteroatoms. The third kappa shape index (κ3) is 2.01. The number of ketones is 1. The van der Waals surface area contributed by atoms with Gasteiger partial charge in [0.05, 0.1) is 12.1 Å². The fourth-order valence-corrected chi connectivity index (χ4v) is 2.53. The molecule has 0 atom stereocenters. The molecule has 98 valence electrons. The van der Waals surface area contributed by atoms with E-state index in [0.29, 0.717) is 18.7 Å². The Morgan fingerprint density at radius 1 is 1.32 bits per heavy atom. The van der Waals surface area contributed by atoms with Crippen LogP contribution in [0.15, 0.2) is 24.3 Å². The number of amides is 1. The number of benzene rings is 1. The van der Waals surface area contributed by atoms with E-state index in [1.54, 1.807) is 9.58 Å². The molecule has 1 aliphatic rings. The first-order valence-corrected chi connectivity index (χ1v) is 6.39. The average molecular weight is 257 g/mol. The molecule has 0 spiro atoms. The lowest BCUT2D eigenvalue weighted by atomic mass is 10.1. The van der Waals surface area contributed by atoms with Crippen LogP contribution in [0.2, 0.25) is 0 Å². The van der Waals surface area contributed by atoms with Crippen molar-refractivity contribution in [2.24, 2.45) is 7.05 Å². The zero-order chi connectivity index (χ0) is 13.4. The normalized spacial score (nSPS) is 16.1. The molecular formula is C14H15N3O2. The largest absolute Gasteiger partial charge is 0.330 e. The number of hydrogen-bond donors (Lipinski definition) is 0. The van der Waals surface area contributed by atoms with E-state index in [4.69, 9.17) is 0 Å². The maximum Gasteiger partial charge on any atom is 0.275 e. The summed E-state index contributed by atoms with van der Waals surface area (Å²) in [5.74, 6) is -0.0234. The van der Waals surface area contributed by atoms with Crippen molar-refractivity contribution in [1.29, 1.82) is 0 Å². The fraction of sp³-hybridized carbons (Fsp3) is 0.357. The molecule has 1 aromatic carbocycles. The standard InChI is InChI=1S/C14H15N3O2/c1-16-12-7-3-2-6-11(12)13(15-16)14(19)17-8-4-5-10(18)9-17/h2-3,6-7H,4-5,8-9H2,1H3. The minimum atomic E-state index is -0.148. The van der Waals surface area contributed by atoms with Gasteiger partial charge in [-0.2, -0.15) is 5.10 Å². The highest BCUT2D eigenvalue weighted by Gasteiger charge is 2.26. The SMILES string of the molecule is Cn1nc(C(=O)N2CCCC(=O)C2)c2ccccc21. The zero-order valence-corrected chi connectivity index (χ0v) is 10.8. The van der Waals surface area contributed by atoms with Crippen molar-refractivity contribution in [3.05, 3.63) is 30.0 Å². The van der Waals surface area contributed by atoms with Crippen molar-refractivity contribution in [2.45, 2.75) is 12.8 Å². The Bertz CT molecular complexity index is 660. The number of likely N-dealkylation sites (tertiary alicyclic amines) is 1. The van der Waals surface area contributed by atoms with E-state index in [1.165, 1.54) is 0 Å². The van der Waals surface area contributed by atoms with Crippen LogP contribution >= 0.6 is 0 Å².